The molecule has 1 N–H and O–H groups in total. The van der Waals surface area contributed by atoms with Crippen molar-refractivity contribution in [1.29, 1.82) is 0 Å². The Morgan fingerprint density at radius 3 is 2.60 bits per heavy atom. The maximum atomic E-state index is 14.1. The maximum Gasteiger partial charge on any atom is 0.256 e. The molecule has 0 unspecified atom stereocenters. The zero-order chi connectivity index (χ0) is 18.2. The molecular weight excluding hydrogens is 323 g/mol. The quantitative estimate of drug-likeness (QED) is 0.769. The molecule has 2 amide bonds. The summed E-state index contributed by atoms with van der Waals surface area (Å²) in [6.07, 6.45) is 4.46. The average Bonchev–Trinajstić information content (AvgIpc) is 2.64. The van der Waals surface area contributed by atoms with E-state index < -0.39 is 5.82 Å². The van der Waals surface area contributed by atoms with Gasteiger partial charge in [0.1, 0.15) is 11.6 Å². The number of rotatable bonds is 7. The molecule has 1 aromatic carbocycles. The van der Waals surface area contributed by atoms with E-state index in [1.54, 1.807) is 11.0 Å². The first-order valence-electron chi connectivity index (χ1n) is 8.97. The van der Waals surface area contributed by atoms with Crippen molar-refractivity contribution in [2.24, 2.45) is 5.92 Å². The summed E-state index contributed by atoms with van der Waals surface area (Å²) in [5, 5.41) is 2.97. The predicted octanol–water partition coefficient (Wildman–Crippen LogP) is 2.99. The molecule has 1 heterocycles. The minimum absolute atomic E-state index is 0.0447. The second kappa shape index (κ2) is 9.39. The minimum atomic E-state index is -0.583. The van der Waals surface area contributed by atoms with Crippen LogP contribution >= 0.6 is 0 Å². The molecule has 0 atom stereocenters. The van der Waals surface area contributed by atoms with Gasteiger partial charge in [0.05, 0.1) is 12.7 Å². The van der Waals surface area contributed by atoms with E-state index in [4.69, 9.17) is 4.74 Å². The van der Waals surface area contributed by atoms with Crippen LogP contribution in [0, 0.1) is 11.7 Å². The lowest BCUT2D eigenvalue weighted by molar-refractivity contribution is -0.126. The van der Waals surface area contributed by atoms with Crippen molar-refractivity contribution in [3.05, 3.63) is 29.6 Å². The molecule has 138 valence electrons. The Bertz CT molecular complexity index is 598. The number of likely N-dealkylation sites (tertiary alicyclic amines) is 1. The van der Waals surface area contributed by atoms with Gasteiger partial charge in [0, 0.05) is 31.6 Å². The highest BCUT2D eigenvalue weighted by atomic mass is 19.1. The zero-order valence-corrected chi connectivity index (χ0v) is 15.0. The number of methoxy groups -OCH3 is 1. The first-order chi connectivity index (χ1) is 12.1. The molecule has 0 aliphatic carbocycles. The first kappa shape index (κ1) is 19.2. The Kier molecular flexibility index (Phi) is 7.22. The van der Waals surface area contributed by atoms with E-state index in [-0.39, 0.29) is 23.3 Å². The van der Waals surface area contributed by atoms with E-state index in [2.05, 4.69) is 12.2 Å². The van der Waals surface area contributed by atoms with Crippen molar-refractivity contribution in [1.82, 2.24) is 10.2 Å². The monoisotopic (exact) mass is 350 g/mol. The van der Waals surface area contributed by atoms with Gasteiger partial charge in [-0.25, -0.2) is 4.39 Å². The van der Waals surface area contributed by atoms with Crippen LogP contribution in [0.4, 0.5) is 4.39 Å². The summed E-state index contributed by atoms with van der Waals surface area (Å²) >= 11 is 0. The molecule has 1 saturated heterocycles. The van der Waals surface area contributed by atoms with Crippen molar-refractivity contribution in [3.8, 4) is 5.75 Å². The number of amides is 2. The Morgan fingerprint density at radius 1 is 1.28 bits per heavy atom. The van der Waals surface area contributed by atoms with E-state index in [0.29, 0.717) is 38.2 Å². The van der Waals surface area contributed by atoms with Gasteiger partial charge in [0.15, 0.2) is 0 Å². The molecule has 2 rings (SSSR count). The van der Waals surface area contributed by atoms with Gasteiger partial charge in [0.25, 0.3) is 5.91 Å². The fourth-order valence-electron chi connectivity index (χ4n) is 3.04. The summed E-state index contributed by atoms with van der Waals surface area (Å²) in [5.41, 5.74) is 0.0447. The minimum Gasteiger partial charge on any atom is -0.497 e. The van der Waals surface area contributed by atoms with Crippen LogP contribution in [0.2, 0.25) is 0 Å². The standard InChI is InChI=1S/C19H27FN2O3/c1-3-4-5-10-21-18(23)14-8-11-22(12-9-14)19(24)16-7-6-15(25-2)13-17(16)20/h6-7,13-14H,3-5,8-12H2,1-2H3,(H,21,23). The topological polar surface area (TPSA) is 58.6 Å². The lowest BCUT2D eigenvalue weighted by atomic mass is 9.95. The van der Waals surface area contributed by atoms with E-state index >= 15 is 0 Å². The van der Waals surface area contributed by atoms with E-state index in [1.165, 1.54) is 19.2 Å². The van der Waals surface area contributed by atoms with Crippen LogP contribution in [0.25, 0.3) is 0 Å². The molecule has 0 radical (unpaired) electrons. The van der Waals surface area contributed by atoms with E-state index in [1.807, 2.05) is 0 Å². The van der Waals surface area contributed by atoms with Gasteiger partial charge in [0.2, 0.25) is 5.91 Å². The van der Waals surface area contributed by atoms with Gasteiger partial charge in [-0.15, -0.1) is 0 Å². The number of halogens is 1. The first-order valence-corrected chi connectivity index (χ1v) is 8.97. The Morgan fingerprint density at radius 2 is 2.00 bits per heavy atom. The highest BCUT2D eigenvalue weighted by molar-refractivity contribution is 5.94. The van der Waals surface area contributed by atoms with Crippen LogP contribution in [0.15, 0.2) is 18.2 Å². The molecular formula is C19H27FN2O3. The number of carbonyl (C=O) groups excluding carboxylic acids is 2. The number of hydrogen-bond acceptors (Lipinski definition) is 3. The molecule has 1 fully saturated rings. The smallest absolute Gasteiger partial charge is 0.256 e. The largest absolute Gasteiger partial charge is 0.497 e. The van der Waals surface area contributed by atoms with Crippen molar-refractivity contribution in [2.45, 2.75) is 39.0 Å². The van der Waals surface area contributed by atoms with Gasteiger partial charge < -0.3 is 15.0 Å². The molecule has 1 aliphatic rings. The summed E-state index contributed by atoms with van der Waals surface area (Å²) < 4.78 is 19.0. The Balaban J connectivity index is 1.85. The van der Waals surface area contributed by atoms with Crippen molar-refractivity contribution >= 4 is 11.8 Å². The number of benzene rings is 1. The van der Waals surface area contributed by atoms with E-state index in [9.17, 15) is 14.0 Å². The molecule has 0 saturated carbocycles. The summed E-state index contributed by atoms with van der Waals surface area (Å²) in [6, 6.07) is 4.24. The Labute approximate surface area is 148 Å². The number of unbranched alkanes of at least 4 members (excludes halogenated alkanes) is 2. The summed E-state index contributed by atoms with van der Waals surface area (Å²) in [4.78, 5) is 26.2. The van der Waals surface area contributed by atoms with Crippen LogP contribution in [0.3, 0.4) is 0 Å². The van der Waals surface area contributed by atoms with Crippen LogP contribution in [0.5, 0.6) is 5.75 Å². The highest BCUT2D eigenvalue weighted by Gasteiger charge is 2.28. The van der Waals surface area contributed by atoms with E-state index in [0.717, 1.165) is 19.3 Å². The molecule has 1 aliphatic heterocycles. The molecule has 5 nitrogen and oxygen atoms in total. The fourth-order valence-corrected chi connectivity index (χ4v) is 3.04. The van der Waals surface area contributed by atoms with Crippen LogP contribution in [-0.4, -0.2) is 43.5 Å². The molecule has 0 spiro atoms. The van der Waals surface area contributed by atoms with Gasteiger partial charge in [-0.2, -0.15) is 0 Å². The molecule has 1 aromatic rings. The third kappa shape index (κ3) is 5.18. The van der Waals surface area contributed by atoms with Gasteiger partial charge in [-0.1, -0.05) is 19.8 Å². The summed E-state index contributed by atoms with van der Waals surface area (Å²) in [6.45, 7) is 3.78. The number of nitrogens with one attached hydrogen (secondary N) is 1. The Hall–Kier alpha value is -2.11. The van der Waals surface area contributed by atoms with Crippen LogP contribution in [-0.2, 0) is 4.79 Å². The van der Waals surface area contributed by atoms with Crippen LogP contribution < -0.4 is 10.1 Å². The lowest BCUT2D eigenvalue weighted by Gasteiger charge is -2.31. The maximum absolute atomic E-state index is 14.1. The molecule has 0 bridgehead atoms. The lowest BCUT2D eigenvalue weighted by Crippen LogP contribution is -2.43. The number of nitrogens with zero attached hydrogens (tertiary/aromatic N) is 1. The highest BCUT2D eigenvalue weighted by Crippen LogP contribution is 2.22. The third-order valence-corrected chi connectivity index (χ3v) is 4.64. The second-order valence-electron chi connectivity index (χ2n) is 6.41. The predicted molar refractivity (Wildman–Crippen MR) is 94.1 cm³/mol. The zero-order valence-electron chi connectivity index (χ0n) is 15.0. The van der Waals surface area contributed by atoms with Crippen LogP contribution in [0.1, 0.15) is 49.4 Å². The number of ether oxygens (including phenoxy) is 1. The molecule has 25 heavy (non-hydrogen) atoms. The fraction of sp³-hybridized carbons (Fsp3) is 0.579. The third-order valence-electron chi connectivity index (χ3n) is 4.64. The molecule has 0 aromatic heterocycles. The van der Waals surface area contributed by atoms with Crippen molar-refractivity contribution in [2.75, 3.05) is 26.7 Å². The SMILES string of the molecule is CCCCCNC(=O)C1CCN(C(=O)c2ccc(OC)cc2F)CC1. The van der Waals surface area contributed by atoms with Gasteiger partial charge in [-0.3, -0.25) is 9.59 Å². The molecule has 6 heteroatoms. The normalized spacial score (nSPS) is 15.1. The number of hydrogen-bond donors (Lipinski definition) is 1. The van der Waals surface area contributed by atoms with Gasteiger partial charge in [-0.05, 0) is 31.4 Å². The number of carbonyl (C=O) groups is 2. The summed E-state index contributed by atoms with van der Waals surface area (Å²) in [5.74, 6) is -0.528. The van der Waals surface area contributed by atoms with Crippen molar-refractivity contribution in [3.63, 3.8) is 0 Å². The van der Waals surface area contributed by atoms with Crippen molar-refractivity contribution < 1.29 is 18.7 Å². The average molecular weight is 350 g/mol. The number of piperidine rings is 1. The summed E-state index contributed by atoms with van der Waals surface area (Å²) in [7, 11) is 1.45. The second-order valence-corrected chi connectivity index (χ2v) is 6.41. The van der Waals surface area contributed by atoms with Gasteiger partial charge >= 0.3 is 0 Å².